The number of hydrogen-bond acceptors (Lipinski definition) is 2. The Hall–Kier alpha value is -1.51. The van der Waals surface area contributed by atoms with Gasteiger partial charge in [-0.1, -0.05) is 31.4 Å². The lowest BCUT2D eigenvalue weighted by molar-refractivity contribution is -0.145. The Bertz CT molecular complexity index is 501. The van der Waals surface area contributed by atoms with Crippen LogP contribution < -0.4 is 4.74 Å². The van der Waals surface area contributed by atoms with E-state index in [0.29, 0.717) is 0 Å². The highest BCUT2D eigenvalue weighted by atomic mass is 16.5. The molecule has 3 nitrogen and oxygen atoms in total. The smallest absolute Gasteiger partial charge is 0.314 e. The van der Waals surface area contributed by atoms with Gasteiger partial charge in [0, 0.05) is 12.0 Å². The van der Waals surface area contributed by atoms with Gasteiger partial charge in [-0.15, -0.1) is 0 Å². The molecule has 0 spiro atoms. The van der Waals surface area contributed by atoms with Gasteiger partial charge in [-0.3, -0.25) is 4.79 Å². The van der Waals surface area contributed by atoms with Gasteiger partial charge in [0.1, 0.15) is 11.9 Å². The van der Waals surface area contributed by atoms with Crippen LogP contribution in [0.2, 0.25) is 0 Å². The van der Waals surface area contributed by atoms with Gasteiger partial charge in [0.2, 0.25) is 0 Å². The fourth-order valence-electron chi connectivity index (χ4n) is 3.63. The minimum atomic E-state index is -0.684. The summed E-state index contributed by atoms with van der Waals surface area (Å²) in [7, 11) is 0. The molecule has 19 heavy (non-hydrogen) atoms. The second-order valence-corrected chi connectivity index (χ2v) is 5.86. The predicted octanol–water partition coefficient (Wildman–Crippen LogP) is 3.30. The topological polar surface area (TPSA) is 46.5 Å². The van der Waals surface area contributed by atoms with Crippen LogP contribution in [-0.4, -0.2) is 17.2 Å². The largest absolute Gasteiger partial charge is 0.490 e. The van der Waals surface area contributed by atoms with Crippen LogP contribution in [-0.2, 0) is 16.6 Å². The van der Waals surface area contributed by atoms with E-state index < -0.39 is 11.4 Å². The van der Waals surface area contributed by atoms with E-state index in [2.05, 4.69) is 0 Å². The highest BCUT2D eigenvalue weighted by molar-refractivity contribution is 5.82. The Labute approximate surface area is 113 Å². The van der Waals surface area contributed by atoms with Crippen molar-refractivity contribution in [1.29, 1.82) is 0 Å². The van der Waals surface area contributed by atoms with E-state index in [1.165, 1.54) is 0 Å². The second kappa shape index (κ2) is 4.55. The lowest BCUT2D eigenvalue weighted by Gasteiger charge is -2.34. The fraction of sp³-hybridized carbons (Fsp3) is 0.562. The Kier molecular flexibility index (Phi) is 3.00. The molecule has 1 heterocycles. The van der Waals surface area contributed by atoms with Gasteiger partial charge in [-0.25, -0.2) is 0 Å². The second-order valence-electron chi connectivity index (χ2n) is 5.86. The number of carboxylic acids is 1. The first-order valence-corrected chi connectivity index (χ1v) is 7.16. The average Bonchev–Trinajstić information content (AvgIpc) is 2.79. The normalized spacial score (nSPS) is 24.6. The molecule has 1 atom stereocenters. The van der Waals surface area contributed by atoms with Crippen molar-refractivity contribution in [3.05, 3.63) is 29.3 Å². The van der Waals surface area contributed by atoms with Gasteiger partial charge in [0.25, 0.3) is 0 Å². The minimum Gasteiger partial charge on any atom is -0.490 e. The molecule has 3 rings (SSSR count). The molecular formula is C16H20O3. The molecule has 2 aliphatic rings. The summed E-state index contributed by atoms with van der Waals surface area (Å²) in [4.78, 5) is 11.9. The van der Waals surface area contributed by atoms with E-state index in [0.717, 1.165) is 55.4 Å². The van der Waals surface area contributed by atoms with E-state index in [9.17, 15) is 9.90 Å². The Morgan fingerprint density at radius 1 is 1.32 bits per heavy atom. The summed E-state index contributed by atoms with van der Waals surface area (Å²) >= 11 is 0. The number of rotatable bonds is 2. The van der Waals surface area contributed by atoms with Gasteiger partial charge in [-0.05, 0) is 31.4 Å². The molecule has 1 saturated carbocycles. The van der Waals surface area contributed by atoms with Crippen LogP contribution in [0, 0.1) is 0 Å². The SMILES string of the molecule is CC1Cc2c(cccc2C2(C(=O)O)CCCCC2)O1. The molecule has 0 aromatic heterocycles. The van der Waals surface area contributed by atoms with Crippen LogP contribution in [0.15, 0.2) is 18.2 Å². The number of carboxylic acid groups (broad SMARTS) is 1. The van der Waals surface area contributed by atoms with Crippen molar-refractivity contribution in [1.82, 2.24) is 0 Å². The molecule has 1 aromatic rings. The molecular weight excluding hydrogens is 240 g/mol. The van der Waals surface area contributed by atoms with Crippen LogP contribution in [0.25, 0.3) is 0 Å². The zero-order chi connectivity index (χ0) is 13.5. The highest BCUT2D eigenvalue weighted by Gasteiger charge is 2.44. The number of fused-ring (bicyclic) bond motifs is 1. The van der Waals surface area contributed by atoms with Gasteiger partial charge >= 0.3 is 5.97 Å². The summed E-state index contributed by atoms with van der Waals surface area (Å²) in [6.45, 7) is 2.04. The maximum absolute atomic E-state index is 11.9. The Morgan fingerprint density at radius 3 is 2.74 bits per heavy atom. The van der Waals surface area contributed by atoms with E-state index >= 15 is 0 Å². The lowest BCUT2D eigenvalue weighted by atomic mass is 9.68. The van der Waals surface area contributed by atoms with Gasteiger partial charge in [-0.2, -0.15) is 0 Å². The molecule has 1 aromatic carbocycles. The molecule has 0 amide bonds. The molecule has 102 valence electrons. The summed E-state index contributed by atoms with van der Waals surface area (Å²) in [5, 5.41) is 9.80. The minimum absolute atomic E-state index is 0.158. The third-order valence-corrected chi connectivity index (χ3v) is 4.58. The molecule has 1 aliphatic heterocycles. The molecule has 1 unspecified atom stereocenters. The Morgan fingerprint density at radius 2 is 2.05 bits per heavy atom. The van der Waals surface area contributed by atoms with Gasteiger partial charge in [0.05, 0.1) is 5.41 Å². The van der Waals surface area contributed by atoms with E-state index in [-0.39, 0.29) is 6.10 Å². The van der Waals surface area contributed by atoms with Gasteiger partial charge in [0.15, 0.2) is 0 Å². The van der Waals surface area contributed by atoms with Crippen molar-refractivity contribution in [2.75, 3.05) is 0 Å². The van der Waals surface area contributed by atoms with E-state index in [4.69, 9.17) is 4.74 Å². The van der Waals surface area contributed by atoms with Crippen LogP contribution >= 0.6 is 0 Å². The number of carbonyl (C=O) groups is 1. The first kappa shape index (κ1) is 12.5. The molecule has 0 radical (unpaired) electrons. The molecule has 1 fully saturated rings. The van der Waals surface area contributed by atoms with Crippen LogP contribution in [0.1, 0.15) is 50.2 Å². The monoisotopic (exact) mass is 260 g/mol. The van der Waals surface area contributed by atoms with Crippen molar-refractivity contribution in [3.63, 3.8) is 0 Å². The van der Waals surface area contributed by atoms with Crippen LogP contribution in [0.4, 0.5) is 0 Å². The lowest BCUT2D eigenvalue weighted by Crippen LogP contribution is -2.38. The first-order valence-electron chi connectivity index (χ1n) is 7.16. The molecule has 0 bridgehead atoms. The number of aliphatic carboxylic acids is 1. The van der Waals surface area contributed by atoms with E-state index in [1.807, 2.05) is 25.1 Å². The molecule has 1 N–H and O–H groups in total. The maximum atomic E-state index is 11.9. The molecule has 3 heteroatoms. The summed E-state index contributed by atoms with van der Waals surface area (Å²) < 4.78 is 5.77. The molecule has 0 saturated heterocycles. The maximum Gasteiger partial charge on any atom is 0.314 e. The summed E-state index contributed by atoms with van der Waals surface area (Å²) in [5.74, 6) is 0.219. The van der Waals surface area contributed by atoms with Gasteiger partial charge < -0.3 is 9.84 Å². The van der Waals surface area contributed by atoms with Crippen molar-refractivity contribution >= 4 is 5.97 Å². The van der Waals surface area contributed by atoms with E-state index in [1.54, 1.807) is 0 Å². The zero-order valence-electron chi connectivity index (χ0n) is 11.3. The van der Waals surface area contributed by atoms with Crippen LogP contribution in [0.3, 0.4) is 0 Å². The number of hydrogen-bond donors (Lipinski definition) is 1. The summed E-state index contributed by atoms with van der Waals surface area (Å²) in [6, 6.07) is 5.89. The van der Waals surface area contributed by atoms with Crippen molar-refractivity contribution in [2.24, 2.45) is 0 Å². The van der Waals surface area contributed by atoms with Crippen molar-refractivity contribution in [3.8, 4) is 5.75 Å². The van der Waals surface area contributed by atoms with Crippen molar-refractivity contribution in [2.45, 2.75) is 57.0 Å². The standard InChI is InChI=1S/C16H20O3/c1-11-10-12-13(6-5-7-14(12)19-11)16(15(17)18)8-3-2-4-9-16/h5-7,11H,2-4,8-10H2,1H3,(H,17,18). The summed E-state index contributed by atoms with van der Waals surface area (Å²) in [5.41, 5.74) is 1.44. The Balaban J connectivity index is 2.10. The highest BCUT2D eigenvalue weighted by Crippen LogP contribution is 2.45. The summed E-state index contributed by atoms with van der Waals surface area (Å²) in [6.07, 6.45) is 5.67. The molecule has 1 aliphatic carbocycles. The third kappa shape index (κ3) is 1.92. The van der Waals surface area contributed by atoms with Crippen molar-refractivity contribution < 1.29 is 14.6 Å². The number of ether oxygens (including phenoxy) is 1. The zero-order valence-corrected chi connectivity index (χ0v) is 11.3. The first-order chi connectivity index (χ1) is 9.13. The third-order valence-electron chi connectivity index (χ3n) is 4.58. The quantitative estimate of drug-likeness (QED) is 0.887. The predicted molar refractivity (Wildman–Crippen MR) is 72.6 cm³/mol. The van der Waals surface area contributed by atoms with Crippen LogP contribution in [0.5, 0.6) is 5.75 Å². The number of benzene rings is 1. The fourth-order valence-corrected chi connectivity index (χ4v) is 3.63. The average molecular weight is 260 g/mol.